The van der Waals surface area contributed by atoms with Gasteiger partial charge >= 0.3 is 5.97 Å². The van der Waals surface area contributed by atoms with Crippen molar-refractivity contribution >= 4 is 40.8 Å². The Morgan fingerprint density at radius 3 is 2.66 bits per heavy atom. The number of thiophene rings is 1. The molecule has 0 spiro atoms. The third-order valence-electron chi connectivity index (χ3n) is 4.68. The Hall–Kier alpha value is -2.91. The van der Waals surface area contributed by atoms with Crippen LogP contribution in [-0.4, -0.2) is 36.0 Å². The molecule has 9 heteroatoms. The average molecular weight is 473 g/mol. The normalized spacial score (nSPS) is 10.7. The summed E-state index contributed by atoms with van der Waals surface area (Å²) in [6.07, 6.45) is 0.646. The van der Waals surface area contributed by atoms with Crippen LogP contribution in [0.3, 0.4) is 0 Å². The monoisotopic (exact) mass is 472 g/mol. The molecule has 0 bridgehead atoms. The van der Waals surface area contributed by atoms with Gasteiger partial charge in [-0.2, -0.15) is 0 Å². The molecule has 168 valence electrons. The zero-order chi connectivity index (χ0) is 23.1. The SMILES string of the molecule is CC(=O)NCCc1ccc(C(=O)COC(=O)c2ccccc2SCc2c(C)noc2C)s1. The summed E-state index contributed by atoms with van der Waals surface area (Å²) >= 11 is 2.83. The number of nitrogens with one attached hydrogen (secondary N) is 1. The molecule has 1 N–H and O–H groups in total. The number of amides is 1. The highest BCUT2D eigenvalue weighted by Gasteiger charge is 2.18. The number of nitrogens with zero attached hydrogens (tertiary/aromatic N) is 1. The van der Waals surface area contributed by atoms with E-state index in [0.29, 0.717) is 29.2 Å². The summed E-state index contributed by atoms with van der Waals surface area (Å²) in [4.78, 5) is 38.3. The first-order chi connectivity index (χ1) is 15.3. The molecule has 0 radical (unpaired) electrons. The summed E-state index contributed by atoms with van der Waals surface area (Å²) in [7, 11) is 0. The Morgan fingerprint density at radius 1 is 1.16 bits per heavy atom. The van der Waals surface area contributed by atoms with Crippen LogP contribution in [-0.2, 0) is 21.7 Å². The van der Waals surface area contributed by atoms with Crippen molar-refractivity contribution in [1.29, 1.82) is 0 Å². The summed E-state index contributed by atoms with van der Waals surface area (Å²) in [6.45, 7) is 5.39. The van der Waals surface area contributed by atoms with Crippen LogP contribution in [0.25, 0.3) is 0 Å². The number of thioether (sulfide) groups is 1. The van der Waals surface area contributed by atoms with Crippen molar-refractivity contribution in [2.45, 2.75) is 37.8 Å². The third kappa shape index (κ3) is 6.30. The molecule has 2 heterocycles. The molecule has 0 fully saturated rings. The van der Waals surface area contributed by atoms with Crippen LogP contribution in [0.15, 0.2) is 45.8 Å². The fourth-order valence-electron chi connectivity index (χ4n) is 2.92. The first-order valence-corrected chi connectivity index (χ1v) is 11.8. The molecule has 0 unspecified atom stereocenters. The molecule has 3 aromatic rings. The van der Waals surface area contributed by atoms with Crippen molar-refractivity contribution in [3.05, 3.63) is 68.7 Å². The smallest absolute Gasteiger partial charge is 0.339 e. The fourth-order valence-corrected chi connectivity index (χ4v) is 5.05. The first-order valence-electron chi connectivity index (χ1n) is 10.0. The molecule has 2 aromatic heterocycles. The lowest BCUT2D eigenvalue weighted by Gasteiger charge is -2.09. The second kappa shape index (κ2) is 11.1. The van der Waals surface area contributed by atoms with Crippen molar-refractivity contribution in [2.24, 2.45) is 0 Å². The molecule has 0 saturated carbocycles. The van der Waals surface area contributed by atoms with Crippen molar-refractivity contribution < 1.29 is 23.6 Å². The Morgan fingerprint density at radius 2 is 1.94 bits per heavy atom. The lowest BCUT2D eigenvalue weighted by Crippen LogP contribution is -2.22. The maximum Gasteiger partial charge on any atom is 0.339 e. The average Bonchev–Trinajstić information content (AvgIpc) is 3.37. The lowest BCUT2D eigenvalue weighted by molar-refractivity contribution is -0.118. The quantitative estimate of drug-likeness (QED) is 0.266. The summed E-state index contributed by atoms with van der Waals surface area (Å²) < 4.78 is 10.5. The van der Waals surface area contributed by atoms with Gasteiger partial charge in [0.1, 0.15) is 5.76 Å². The molecule has 0 saturated heterocycles. The van der Waals surface area contributed by atoms with E-state index in [2.05, 4.69) is 10.5 Å². The molecule has 0 atom stereocenters. The van der Waals surface area contributed by atoms with Gasteiger partial charge in [-0.25, -0.2) is 4.79 Å². The first kappa shape index (κ1) is 23.7. The summed E-state index contributed by atoms with van der Waals surface area (Å²) in [6, 6.07) is 10.7. The van der Waals surface area contributed by atoms with Gasteiger partial charge in [0.25, 0.3) is 0 Å². The molecule has 1 amide bonds. The standard InChI is InChI=1S/C23H24N2O5S2/c1-14-19(15(2)30-25-14)13-31-21-7-5-4-6-18(21)23(28)29-12-20(27)22-9-8-17(32-22)10-11-24-16(3)26/h4-9H,10-13H2,1-3H3,(H,24,26). The van der Waals surface area contributed by atoms with Gasteiger partial charge in [0.05, 0.1) is 16.1 Å². The molecule has 0 aliphatic heterocycles. The third-order valence-corrected chi connectivity index (χ3v) is 6.96. The van der Waals surface area contributed by atoms with Crippen LogP contribution in [0.5, 0.6) is 0 Å². The minimum Gasteiger partial charge on any atom is -0.454 e. The van der Waals surface area contributed by atoms with Gasteiger partial charge in [-0.05, 0) is 44.5 Å². The molecule has 0 aliphatic carbocycles. The number of esters is 1. The van der Waals surface area contributed by atoms with E-state index in [1.807, 2.05) is 32.0 Å². The highest BCUT2D eigenvalue weighted by atomic mass is 32.2. The van der Waals surface area contributed by atoms with E-state index in [1.54, 1.807) is 18.2 Å². The number of hydrogen-bond donors (Lipinski definition) is 1. The van der Waals surface area contributed by atoms with E-state index < -0.39 is 5.97 Å². The van der Waals surface area contributed by atoms with E-state index in [-0.39, 0.29) is 18.3 Å². The predicted molar refractivity (Wildman–Crippen MR) is 123 cm³/mol. The molecule has 0 aliphatic rings. The van der Waals surface area contributed by atoms with Gasteiger partial charge in [-0.1, -0.05) is 17.3 Å². The van der Waals surface area contributed by atoms with Crippen LogP contribution in [0.1, 0.15) is 48.8 Å². The van der Waals surface area contributed by atoms with Gasteiger partial charge in [0, 0.05) is 34.6 Å². The van der Waals surface area contributed by atoms with E-state index in [0.717, 1.165) is 26.8 Å². The topological polar surface area (TPSA) is 98.5 Å². The molecule has 7 nitrogen and oxygen atoms in total. The number of Topliss-reactive ketones (excluding diaryl/α,β-unsaturated/α-hetero) is 1. The summed E-state index contributed by atoms with van der Waals surface area (Å²) in [5.74, 6) is 0.488. The van der Waals surface area contributed by atoms with E-state index in [9.17, 15) is 14.4 Å². The number of hydrogen-bond acceptors (Lipinski definition) is 8. The zero-order valence-electron chi connectivity index (χ0n) is 18.1. The maximum atomic E-state index is 12.7. The number of carbonyl (C=O) groups is 3. The van der Waals surface area contributed by atoms with Crippen molar-refractivity contribution in [1.82, 2.24) is 10.5 Å². The van der Waals surface area contributed by atoms with Crippen LogP contribution in [0, 0.1) is 13.8 Å². The van der Waals surface area contributed by atoms with Crippen LogP contribution in [0.4, 0.5) is 0 Å². The lowest BCUT2D eigenvalue weighted by atomic mass is 10.2. The number of carbonyl (C=O) groups excluding carboxylic acids is 3. The number of ketones is 1. The van der Waals surface area contributed by atoms with E-state index in [4.69, 9.17) is 9.26 Å². The predicted octanol–water partition coefficient (Wildman–Crippen LogP) is 4.36. The summed E-state index contributed by atoms with van der Waals surface area (Å²) in [5.41, 5.74) is 2.24. The van der Waals surface area contributed by atoms with E-state index in [1.165, 1.54) is 30.0 Å². The Balaban J connectivity index is 1.56. The van der Waals surface area contributed by atoms with E-state index >= 15 is 0 Å². The highest BCUT2D eigenvalue weighted by molar-refractivity contribution is 7.98. The molecule has 1 aromatic carbocycles. The fraction of sp³-hybridized carbons (Fsp3) is 0.304. The van der Waals surface area contributed by atoms with Crippen LogP contribution >= 0.6 is 23.1 Å². The number of rotatable bonds is 10. The summed E-state index contributed by atoms with van der Waals surface area (Å²) in [5, 5.41) is 6.68. The molecular formula is C23H24N2O5S2. The van der Waals surface area contributed by atoms with Gasteiger partial charge in [0.2, 0.25) is 11.7 Å². The second-order valence-corrected chi connectivity index (χ2v) is 9.27. The van der Waals surface area contributed by atoms with Crippen LogP contribution in [0.2, 0.25) is 0 Å². The van der Waals surface area contributed by atoms with Gasteiger partial charge < -0.3 is 14.6 Å². The van der Waals surface area contributed by atoms with Crippen molar-refractivity contribution in [2.75, 3.05) is 13.2 Å². The number of aryl methyl sites for hydroxylation is 2. The molecule has 3 rings (SSSR count). The maximum absolute atomic E-state index is 12.7. The Bertz CT molecular complexity index is 1100. The highest BCUT2D eigenvalue weighted by Crippen LogP contribution is 2.29. The van der Waals surface area contributed by atoms with Gasteiger partial charge in [-0.15, -0.1) is 23.1 Å². The number of aromatic nitrogens is 1. The number of ether oxygens (including phenoxy) is 1. The van der Waals surface area contributed by atoms with Gasteiger partial charge in [-0.3, -0.25) is 9.59 Å². The largest absolute Gasteiger partial charge is 0.454 e. The zero-order valence-corrected chi connectivity index (χ0v) is 19.7. The van der Waals surface area contributed by atoms with Crippen molar-refractivity contribution in [3.63, 3.8) is 0 Å². The van der Waals surface area contributed by atoms with Gasteiger partial charge in [0.15, 0.2) is 6.61 Å². The second-order valence-electron chi connectivity index (χ2n) is 7.09. The molecular weight excluding hydrogens is 448 g/mol. The minimum atomic E-state index is -0.539. The van der Waals surface area contributed by atoms with Crippen LogP contribution < -0.4 is 5.32 Å². The number of benzene rings is 1. The van der Waals surface area contributed by atoms with Crippen molar-refractivity contribution in [3.8, 4) is 0 Å². The molecule has 32 heavy (non-hydrogen) atoms. The minimum absolute atomic E-state index is 0.0880. The Labute approximate surface area is 194 Å². The Kier molecular flexibility index (Phi) is 8.24.